The highest BCUT2D eigenvalue weighted by atomic mass is 32.1. The van der Waals surface area contributed by atoms with Gasteiger partial charge in [0.2, 0.25) is 0 Å². The fraction of sp³-hybridized carbons (Fsp3) is 0.154. The van der Waals surface area contributed by atoms with Crippen LogP contribution in [0.4, 0.5) is 11.4 Å². The number of imide groups is 1. The second-order valence-electron chi connectivity index (χ2n) is 7.86. The third kappa shape index (κ3) is 3.62. The van der Waals surface area contributed by atoms with E-state index >= 15 is 0 Å². The van der Waals surface area contributed by atoms with Crippen molar-refractivity contribution in [3.63, 3.8) is 0 Å². The lowest BCUT2D eigenvalue weighted by atomic mass is 9.95. The lowest BCUT2D eigenvalue weighted by Crippen LogP contribution is -2.29. The van der Waals surface area contributed by atoms with Gasteiger partial charge in [0.1, 0.15) is 0 Å². The highest BCUT2D eigenvalue weighted by molar-refractivity contribution is 7.15. The number of allylic oxidation sites excluding steroid dienone is 2. The summed E-state index contributed by atoms with van der Waals surface area (Å²) in [5.41, 5.74) is 11.6. The molecule has 0 bridgehead atoms. The van der Waals surface area contributed by atoms with Crippen molar-refractivity contribution in [2.45, 2.75) is 27.7 Å². The number of nitrogens with zero attached hydrogens (tertiary/aromatic N) is 1. The number of benzene rings is 2. The van der Waals surface area contributed by atoms with Gasteiger partial charge in [-0.25, -0.2) is 4.90 Å². The predicted octanol–water partition coefficient (Wildman–Crippen LogP) is 5.99. The first-order valence-corrected chi connectivity index (χ1v) is 10.9. The molecular formula is C26H24N2O2S. The van der Waals surface area contributed by atoms with E-state index in [1.807, 2.05) is 39.0 Å². The number of carbonyl (C=O) groups excluding carboxylic acids is 2. The summed E-state index contributed by atoms with van der Waals surface area (Å²) in [6.07, 6.45) is 0. The van der Waals surface area contributed by atoms with Crippen LogP contribution in [0, 0.1) is 6.92 Å². The molecule has 1 aliphatic heterocycles. The number of nitrogen functional groups attached to an aromatic ring is 1. The maximum Gasteiger partial charge on any atom is 0.266 e. The zero-order valence-corrected chi connectivity index (χ0v) is 18.8. The summed E-state index contributed by atoms with van der Waals surface area (Å²) in [5, 5.41) is 0. The van der Waals surface area contributed by atoms with Crippen molar-refractivity contribution in [3.8, 4) is 10.4 Å². The lowest BCUT2D eigenvalue weighted by molar-refractivity contribution is -0.119. The van der Waals surface area contributed by atoms with Crippen LogP contribution in [0.3, 0.4) is 0 Å². The van der Waals surface area contributed by atoms with Gasteiger partial charge in [0.25, 0.3) is 11.8 Å². The van der Waals surface area contributed by atoms with Crippen LogP contribution >= 0.6 is 11.3 Å². The van der Waals surface area contributed by atoms with Crippen LogP contribution in [-0.2, 0) is 9.59 Å². The Labute approximate surface area is 186 Å². The number of aryl methyl sites for hydroxylation is 1. The van der Waals surface area contributed by atoms with Crippen LogP contribution < -0.4 is 10.6 Å². The Bertz CT molecular complexity index is 1240. The summed E-state index contributed by atoms with van der Waals surface area (Å²) in [6, 6.07) is 19.1. The number of nitrogens with two attached hydrogens (primary N) is 1. The molecule has 1 aliphatic rings. The molecule has 156 valence electrons. The number of hydrogen-bond donors (Lipinski definition) is 1. The summed E-state index contributed by atoms with van der Waals surface area (Å²) in [6.45, 7) is 7.73. The second kappa shape index (κ2) is 8.00. The van der Waals surface area contributed by atoms with Crippen LogP contribution in [0.25, 0.3) is 16.0 Å². The van der Waals surface area contributed by atoms with Gasteiger partial charge in [0, 0.05) is 15.4 Å². The molecule has 2 amide bonds. The summed E-state index contributed by atoms with van der Waals surface area (Å²) in [5.74, 6) is -0.587. The van der Waals surface area contributed by atoms with Gasteiger partial charge < -0.3 is 5.73 Å². The average Bonchev–Trinajstić information content (AvgIpc) is 3.26. The molecule has 3 aromatic rings. The van der Waals surface area contributed by atoms with Crippen molar-refractivity contribution >= 4 is 40.1 Å². The van der Waals surface area contributed by atoms with E-state index in [1.54, 1.807) is 35.6 Å². The second-order valence-corrected chi connectivity index (χ2v) is 9.12. The maximum atomic E-state index is 13.5. The Balaban J connectivity index is 1.86. The van der Waals surface area contributed by atoms with Gasteiger partial charge in [-0.2, -0.15) is 0 Å². The first-order chi connectivity index (χ1) is 14.8. The number of rotatable bonds is 3. The minimum atomic E-state index is -0.296. The van der Waals surface area contributed by atoms with Crippen LogP contribution in [0.2, 0.25) is 0 Å². The molecule has 0 saturated carbocycles. The van der Waals surface area contributed by atoms with Crippen LogP contribution in [0.15, 0.2) is 77.4 Å². The molecule has 1 saturated heterocycles. The summed E-state index contributed by atoms with van der Waals surface area (Å²) < 4.78 is 0. The van der Waals surface area contributed by atoms with Gasteiger partial charge in [-0.3, -0.25) is 9.59 Å². The van der Waals surface area contributed by atoms with Gasteiger partial charge in [0.05, 0.1) is 16.8 Å². The summed E-state index contributed by atoms with van der Waals surface area (Å²) in [7, 11) is 0. The SMILES string of the molecule is CC(C)=C1C(=O)N(c2ccc(N)cc2)C(=O)C1=C(C)c1cc(-c2ccccc2)sc1C. The Morgan fingerprint density at radius 2 is 1.48 bits per heavy atom. The maximum absolute atomic E-state index is 13.5. The Kier molecular flexibility index (Phi) is 5.38. The lowest BCUT2D eigenvalue weighted by Gasteiger charge is -2.13. The monoisotopic (exact) mass is 428 g/mol. The first kappa shape index (κ1) is 20.8. The smallest absolute Gasteiger partial charge is 0.266 e. The van der Waals surface area contributed by atoms with Crippen LogP contribution in [-0.4, -0.2) is 11.8 Å². The third-order valence-corrected chi connectivity index (χ3v) is 6.59. The summed E-state index contributed by atoms with van der Waals surface area (Å²) in [4.78, 5) is 30.3. The molecule has 31 heavy (non-hydrogen) atoms. The molecular weight excluding hydrogens is 404 g/mol. The molecule has 2 heterocycles. The Morgan fingerprint density at radius 3 is 2.10 bits per heavy atom. The first-order valence-electron chi connectivity index (χ1n) is 10.1. The van der Waals surface area contributed by atoms with Gasteiger partial charge in [-0.1, -0.05) is 35.9 Å². The zero-order chi connectivity index (χ0) is 22.3. The number of hydrogen-bond acceptors (Lipinski definition) is 4. The molecule has 5 heteroatoms. The van der Waals surface area contributed by atoms with Crippen LogP contribution in [0.5, 0.6) is 0 Å². The number of carbonyl (C=O) groups is 2. The number of thiophene rings is 1. The van der Waals surface area contributed by atoms with E-state index in [2.05, 4.69) is 25.1 Å². The van der Waals surface area contributed by atoms with E-state index in [4.69, 9.17) is 5.73 Å². The fourth-order valence-corrected chi connectivity index (χ4v) is 5.02. The molecule has 0 unspecified atom stereocenters. The van der Waals surface area contributed by atoms with Crippen molar-refractivity contribution < 1.29 is 9.59 Å². The largest absolute Gasteiger partial charge is 0.399 e. The normalized spacial score (nSPS) is 15.6. The number of amides is 2. The van der Waals surface area contributed by atoms with E-state index in [-0.39, 0.29) is 11.8 Å². The average molecular weight is 429 g/mol. The van der Waals surface area contributed by atoms with Crippen molar-refractivity contribution in [3.05, 3.63) is 87.8 Å². The highest BCUT2D eigenvalue weighted by Crippen LogP contribution is 2.40. The van der Waals surface area contributed by atoms with Crippen molar-refractivity contribution in [2.24, 2.45) is 0 Å². The molecule has 2 aromatic carbocycles. The molecule has 4 nitrogen and oxygen atoms in total. The molecule has 2 N–H and O–H groups in total. The van der Waals surface area contributed by atoms with E-state index in [0.717, 1.165) is 32.0 Å². The molecule has 0 atom stereocenters. The highest BCUT2D eigenvalue weighted by Gasteiger charge is 2.41. The molecule has 0 aliphatic carbocycles. The van der Waals surface area contributed by atoms with Crippen molar-refractivity contribution in [1.82, 2.24) is 0 Å². The van der Waals surface area contributed by atoms with E-state index in [9.17, 15) is 9.59 Å². The quantitative estimate of drug-likeness (QED) is 0.317. The van der Waals surface area contributed by atoms with Gasteiger partial charge in [-0.15, -0.1) is 11.3 Å². The summed E-state index contributed by atoms with van der Waals surface area (Å²) >= 11 is 1.69. The fourth-order valence-electron chi connectivity index (χ4n) is 3.93. The van der Waals surface area contributed by atoms with Gasteiger partial charge in [-0.05, 0) is 74.7 Å². The van der Waals surface area contributed by atoms with Gasteiger partial charge >= 0.3 is 0 Å². The zero-order valence-electron chi connectivity index (χ0n) is 18.0. The van der Waals surface area contributed by atoms with Crippen molar-refractivity contribution in [1.29, 1.82) is 0 Å². The van der Waals surface area contributed by atoms with E-state index in [1.165, 1.54) is 4.90 Å². The molecule has 0 radical (unpaired) electrons. The number of anilines is 2. The Hall–Kier alpha value is -3.44. The molecule has 1 aromatic heterocycles. The van der Waals surface area contributed by atoms with E-state index in [0.29, 0.717) is 22.5 Å². The molecule has 0 spiro atoms. The third-order valence-electron chi connectivity index (χ3n) is 5.49. The van der Waals surface area contributed by atoms with Crippen LogP contribution in [0.1, 0.15) is 31.2 Å². The molecule has 1 fully saturated rings. The standard InChI is InChI=1S/C26H24N2O2S/c1-15(2)23-24(26(30)28(25(23)29)20-12-10-19(27)11-13-20)16(3)21-14-22(31-17(21)4)18-8-6-5-7-9-18/h5-14H,27H2,1-4H3. The van der Waals surface area contributed by atoms with E-state index < -0.39 is 0 Å². The topological polar surface area (TPSA) is 63.4 Å². The predicted molar refractivity (Wildman–Crippen MR) is 129 cm³/mol. The minimum absolute atomic E-state index is 0.291. The van der Waals surface area contributed by atoms with Gasteiger partial charge in [0.15, 0.2) is 0 Å². The minimum Gasteiger partial charge on any atom is -0.399 e. The molecule has 4 rings (SSSR count). The Morgan fingerprint density at radius 1 is 0.871 bits per heavy atom. The van der Waals surface area contributed by atoms with Crippen molar-refractivity contribution in [2.75, 3.05) is 10.6 Å².